The zero-order valence-electron chi connectivity index (χ0n) is 9.66. The highest BCUT2D eigenvalue weighted by Gasteiger charge is 2.15. The van der Waals surface area contributed by atoms with Crippen molar-refractivity contribution in [1.82, 2.24) is 15.1 Å². The van der Waals surface area contributed by atoms with Crippen LogP contribution in [-0.2, 0) is 4.79 Å². The highest BCUT2D eigenvalue weighted by atomic mass is 32.2. The molecular formula is C10H21N3OS. The number of amides is 1. The van der Waals surface area contributed by atoms with Crippen molar-refractivity contribution in [3.8, 4) is 0 Å². The molecule has 0 atom stereocenters. The van der Waals surface area contributed by atoms with Gasteiger partial charge in [-0.1, -0.05) is 0 Å². The third-order valence-electron chi connectivity index (χ3n) is 2.63. The summed E-state index contributed by atoms with van der Waals surface area (Å²) in [7, 11) is 1.89. The number of thioether (sulfide) groups is 1. The van der Waals surface area contributed by atoms with Crippen LogP contribution in [0.25, 0.3) is 0 Å². The molecule has 0 aromatic carbocycles. The van der Waals surface area contributed by atoms with E-state index < -0.39 is 0 Å². The van der Waals surface area contributed by atoms with Crippen molar-refractivity contribution in [2.24, 2.45) is 0 Å². The molecule has 1 heterocycles. The van der Waals surface area contributed by atoms with Crippen molar-refractivity contribution in [2.45, 2.75) is 0 Å². The summed E-state index contributed by atoms with van der Waals surface area (Å²) in [6.07, 6.45) is 2.06. The highest BCUT2D eigenvalue weighted by Crippen LogP contribution is 1.97. The van der Waals surface area contributed by atoms with Crippen LogP contribution in [0.2, 0.25) is 0 Å². The third kappa shape index (κ3) is 4.86. The van der Waals surface area contributed by atoms with E-state index >= 15 is 0 Å². The topological polar surface area (TPSA) is 35.6 Å². The number of hydrogen-bond acceptors (Lipinski definition) is 4. The average Bonchev–Trinajstić information content (AvgIpc) is 2.27. The SMILES string of the molecule is CSCCN(C)C(=O)CN1CCNCC1. The van der Waals surface area contributed by atoms with Crippen LogP contribution < -0.4 is 5.32 Å². The number of nitrogens with one attached hydrogen (secondary N) is 1. The van der Waals surface area contributed by atoms with Crippen molar-refractivity contribution >= 4 is 17.7 Å². The van der Waals surface area contributed by atoms with E-state index in [1.165, 1.54) is 0 Å². The molecule has 0 aliphatic carbocycles. The zero-order chi connectivity index (χ0) is 11.1. The van der Waals surface area contributed by atoms with Crippen LogP contribution in [0.4, 0.5) is 0 Å². The van der Waals surface area contributed by atoms with Crippen molar-refractivity contribution in [2.75, 3.05) is 58.3 Å². The Bertz CT molecular complexity index is 195. The minimum Gasteiger partial charge on any atom is -0.344 e. The Balaban J connectivity index is 2.20. The van der Waals surface area contributed by atoms with Gasteiger partial charge in [-0.25, -0.2) is 0 Å². The zero-order valence-corrected chi connectivity index (χ0v) is 10.5. The fourth-order valence-electron chi connectivity index (χ4n) is 1.53. The molecule has 1 saturated heterocycles. The first kappa shape index (κ1) is 12.8. The molecule has 4 nitrogen and oxygen atoms in total. The van der Waals surface area contributed by atoms with Gasteiger partial charge in [0.2, 0.25) is 5.91 Å². The third-order valence-corrected chi connectivity index (χ3v) is 3.22. The summed E-state index contributed by atoms with van der Waals surface area (Å²) in [5.41, 5.74) is 0. The summed E-state index contributed by atoms with van der Waals surface area (Å²) in [5, 5.41) is 3.28. The van der Waals surface area contributed by atoms with Gasteiger partial charge in [-0.15, -0.1) is 0 Å². The molecule has 0 radical (unpaired) electrons. The lowest BCUT2D eigenvalue weighted by molar-refractivity contribution is -0.131. The van der Waals surface area contributed by atoms with Gasteiger partial charge in [0, 0.05) is 45.5 Å². The lowest BCUT2D eigenvalue weighted by Crippen LogP contribution is -2.48. The first-order chi connectivity index (χ1) is 7.24. The van der Waals surface area contributed by atoms with E-state index in [9.17, 15) is 4.79 Å². The van der Waals surface area contributed by atoms with E-state index in [2.05, 4.69) is 16.5 Å². The van der Waals surface area contributed by atoms with Gasteiger partial charge in [0.25, 0.3) is 0 Å². The molecule has 1 fully saturated rings. The number of hydrogen-bond donors (Lipinski definition) is 1. The molecular weight excluding hydrogens is 210 g/mol. The average molecular weight is 231 g/mol. The summed E-state index contributed by atoms with van der Waals surface area (Å²) < 4.78 is 0. The molecule has 0 bridgehead atoms. The Kier molecular flexibility index (Phi) is 6.05. The van der Waals surface area contributed by atoms with E-state index in [-0.39, 0.29) is 5.91 Å². The van der Waals surface area contributed by atoms with E-state index in [0.717, 1.165) is 38.5 Å². The smallest absolute Gasteiger partial charge is 0.236 e. The van der Waals surface area contributed by atoms with Crippen LogP contribution in [0.3, 0.4) is 0 Å². The van der Waals surface area contributed by atoms with Gasteiger partial charge in [0.05, 0.1) is 6.54 Å². The summed E-state index contributed by atoms with van der Waals surface area (Å²) in [5.74, 6) is 1.26. The summed E-state index contributed by atoms with van der Waals surface area (Å²) >= 11 is 1.78. The molecule has 0 unspecified atom stereocenters. The largest absolute Gasteiger partial charge is 0.344 e. The van der Waals surface area contributed by atoms with Gasteiger partial charge < -0.3 is 10.2 Å². The Morgan fingerprint density at radius 2 is 2.13 bits per heavy atom. The molecule has 1 aliphatic heterocycles. The molecule has 0 aromatic heterocycles. The highest BCUT2D eigenvalue weighted by molar-refractivity contribution is 7.98. The standard InChI is InChI=1S/C10H21N3OS/c1-12(7-8-15-2)10(14)9-13-5-3-11-4-6-13/h11H,3-9H2,1-2H3. The minimum absolute atomic E-state index is 0.242. The van der Waals surface area contributed by atoms with Crippen LogP contribution in [0.1, 0.15) is 0 Å². The number of piperazine rings is 1. The van der Waals surface area contributed by atoms with E-state index in [0.29, 0.717) is 6.54 Å². The lowest BCUT2D eigenvalue weighted by Gasteiger charge is -2.28. The molecule has 88 valence electrons. The molecule has 15 heavy (non-hydrogen) atoms. The van der Waals surface area contributed by atoms with E-state index in [4.69, 9.17) is 0 Å². The second-order valence-electron chi connectivity index (χ2n) is 3.83. The molecule has 1 aliphatic rings. The molecule has 1 N–H and O–H groups in total. The predicted octanol–water partition coefficient (Wildman–Crippen LogP) is -0.287. The van der Waals surface area contributed by atoms with Gasteiger partial charge in [-0.2, -0.15) is 11.8 Å². The molecule has 5 heteroatoms. The fraction of sp³-hybridized carbons (Fsp3) is 0.900. The normalized spacial score (nSPS) is 17.7. The van der Waals surface area contributed by atoms with Gasteiger partial charge in [-0.05, 0) is 6.26 Å². The Morgan fingerprint density at radius 3 is 2.73 bits per heavy atom. The molecule has 0 saturated carbocycles. The van der Waals surface area contributed by atoms with Crippen molar-refractivity contribution in [3.63, 3.8) is 0 Å². The lowest BCUT2D eigenvalue weighted by atomic mass is 10.3. The second kappa shape index (κ2) is 7.09. The number of likely N-dealkylation sites (N-methyl/N-ethyl adjacent to an activating group) is 1. The maximum atomic E-state index is 11.8. The monoisotopic (exact) mass is 231 g/mol. The predicted molar refractivity (Wildman–Crippen MR) is 65.3 cm³/mol. The van der Waals surface area contributed by atoms with Gasteiger partial charge in [0.1, 0.15) is 0 Å². The van der Waals surface area contributed by atoms with Crippen molar-refractivity contribution in [3.05, 3.63) is 0 Å². The maximum absolute atomic E-state index is 11.8. The van der Waals surface area contributed by atoms with Crippen LogP contribution in [0.15, 0.2) is 0 Å². The Morgan fingerprint density at radius 1 is 1.47 bits per heavy atom. The molecule has 0 spiro atoms. The van der Waals surface area contributed by atoms with Crippen LogP contribution >= 0.6 is 11.8 Å². The minimum atomic E-state index is 0.242. The van der Waals surface area contributed by atoms with Crippen molar-refractivity contribution < 1.29 is 4.79 Å². The van der Waals surface area contributed by atoms with E-state index in [1.807, 2.05) is 11.9 Å². The van der Waals surface area contributed by atoms with Gasteiger partial charge >= 0.3 is 0 Å². The first-order valence-electron chi connectivity index (χ1n) is 5.40. The summed E-state index contributed by atoms with van der Waals surface area (Å²) in [6, 6.07) is 0. The fourth-order valence-corrected chi connectivity index (χ4v) is 1.99. The Labute approximate surface area is 96.4 Å². The van der Waals surface area contributed by atoms with Crippen molar-refractivity contribution in [1.29, 1.82) is 0 Å². The van der Waals surface area contributed by atoms with Crippen LogP contribution in [0, 0.1) is 0 Å². The first-order valence-corrected chi connectivity index (χ1v) is 6.79. The number of rotatable bonds is 5. The van der Waals surface area contributed by atoms with E-state index in [1.54, 1.807) is 11.8 Å². The van der Waals surface area contributed by atoms with Crippen LogP contribution in [0.5, 0.6) is 0 Å². The number of carbonyl (C=O) groups excluding carboxylic acids is 1. The maximum Gasteiger partial charge on any atom is 0.236 e. The number of carbonyl (C=O) groups is 1. The Hall–Kier alpha value is -0.260. The summed E-state index contributed by atoms with van der Waals surface area (Å²) in [4.78, 5) is 15.8. The molecule has 1 rings (SSSR count). The number of nitrogens with zero attached hydrogens (tertiary/aromatic N) is 2. The molecule has 0 aromatic rings. The van der Waals surface area contributed by atoms with Gasteiger partial charge in [-0.3, -0.25) is 9.69 Å². The quantitative estimate of drug-likeness (QED) is 0.705. The summed E-state index contributed by atoms with van der Waals surface area (Å²) in [6.45, 7) is 5.41. The van der Waals surface area contributed by atoms with Crippen LogP contribution in [-0.4, -0.2) is 74.0 Å². The van der Waals surface area contributed by atoms with Gasteiger partial charge in [0.15, 0.2) is 0 Å². The second-order valence-corrected chi connectivity index (χ2v) is 4.82. The molecule has 1 amide bonds.